The minimum Gasteiger partial charge on any atom is -0.330 e. The molecule has 1 saturated carbocycles. The van der Waals surface area contributed by atoms with E-state index in [1.54, 1.807) is 6.07 Å². The Hall–Kier alpha value is -0.600. The molecular formula is C14H19ClFN. The number of hydrogen-bond donors (Lipinski definition) is 1. The summed E-state index contributed by atoms with van der Waals surface area (Å²) in [5, 5.41) is 0.221. The zero-order chi connectivity index (χ0) is 12.5. The quantitative estimate of drug-likeness (QED) is 0.851. The first-order valence-corrected chi connectivity index (χ1v) is 6.63. The molecule has 0 saturated heterocycles. The molecule has 1 nitrogen and oxygen atoms in total. The molecule has 0 atom stereocenters. The Labute approximate surface area is 107 Å². The number of nitrogens with two attached hydrogens (primary N) is 1. The summed E-state index contributed by atoms with van der Waals surface area (Å²) in [6.45, 7) is 2.45. The highest BCUT2D eigenvalue weighted by atomic mass is 35.5. The monoisotopic (exact) mass is 255 g/mol. The minimum absolute atomic E-state index is 0.196. The van der Waals surface area contributed by atoms with Gasteiger partial charge >= 0.3 is 0 Å². The van der Waals surface area contributed by atoms with E-state index in [2.05, 4.69) is 0 Å². The van der Waals surface area contributed by atoms with Crippen molar-refractivity contribution < 1.29 is 4.39 Å². The van der Waals surface area contributed by atoms with Gasteiger partial charge in [0.1, 0.15) is 5.82 Å². The second-order valence-electron chi connectivity index (χ2n) is 5.15. The van der Waals surface area contributed by atoms with Crippen LogP contribution in [-0.2, 0) is 5.41 Å². The summed E-state index contributed by atoms with van der Waals surface area (Å²) in [6, 6.07) is 3.59. The largest absolute Gasteiger partial charge is 0.330 e. The number of rotatable bonds is 2. The predicted octanol–water partition coefficient (Wildman–Crippen LogP) is 3.95. The molecular weight excluding hydrogens is 237 g/mol. The maximum Gasteiger partial charge on any atom is 0.145 e. The average molecular weight is 256 g/mol. The fourth-order valence-corrected chi connectivity index (χ4v) is 3.20. The first-order valence-electron chi connectivity index (χ1n) is 6.25. The van der Waals surface area contributed by atoms with E-state index in [0.717, 1.165) is 36.8 Å². The molecule has 1 aromatic rings. The van der Waals surface area contributed by atoms with Crippen molar-refractivity contribution in [3.05, 3.63) is 34.1 Å². The standard InChI is InChI=1S/C14H19ClFN/c1-10-7-11(13(16)12(15)8-10)14(9-17)5-3-2-4-6-14/h7-8H,2-6,9,17H2,1H3. The van der Waals surface area contributed by atoms with E-state index < -0.39 is 0 Å². The van der Waals surface area contributed by atoms with E-state index in [4.69, 9.17) is 17.3 Å². The molecule has 0 aromatic heterocycles. The zero-order valence-corrected chi connectivity index (χ0v) is 11.0. The third kappa shape index (κ3) is 2.34. The Balaban J connectivity index is 2.49. The highest BCUT2D eigenvalue weighted by Gasteiger charge is 2.35. The molecule has 0 radical (unpaired) electrons. The molecule has 2 N–H and O–H groups in total. The van der Waals surface area contributed by atoms with Crippen LogP contribution in [0.1, 0.15) is 43.2 Å². The smallest absolute Gasteiger partial charge is 0.145 e. The van der Waals surface area contributed by atoms with Crippen LogP contribution in [0.25, 0.3) is 0 Å². The maximum absolute atomic E-state index is 14.2. The topological polar surface area (TPSA) is 26.0 Å². The molecule has 1 aliphatic rings. The first-order chi connectivity index (χ1) is 8.09. The molecule has 0 bridgehead atoms. The van der Waals surface area contributed by atoms with Crippen LogP contribution in [0.5, 0.6) is 0 Å². The lowest BCUT2D eigenvalue weighted by Crippen LogP contribution is -2.38. The summed E-state index contributed by atoms with van der Waals surface area (Å²) >= 11 is 5.94. The van der Waals surface area contributed by atoms with Crippen molar-refractivity contribution in [2.24, 2.45) is 5.73 Å². The molecule has 0 aliphatic heterocycles. The SMILES string of the molecule is Cc1cc(Cl)c(F)c(C2(CN)CCCCC2)c1. The van der Waals surface area contributed by atoms with E-state index in [9.17, 15) is 4.39 Å². The lowest BCUT2D eigenvalue weighted by atomic mass is 9.69. The van der Waals surface area contributed by atoms with Crippen molar-refractivity contribution in [3.63, 3.8) is 0 Å². The van der Waals surface area contributed by atoms with Gasteiger partial charge in [0.05, 0.1) is 5.02 Å². The van der Waals surface area contributed by atoms with Crippen molar-refractivity contribution in [1.29, 1.82) is 0 Å². The van der Waals surface area contributed by atoms with E-state index in [1.807, 2.05) is 13.0 Å². The summed E-state index contributed by atoms with van der Waals surface area (Å²) in [5.74, 6) is -0.274. The number of halogens is 2. The van der Waals surface area contributed by atoms with Gasteiger partial charge in [0.15, 0.2) is 0 Å². The lowest BCUT2D eigenvalue weighted by Gasteiger charge is -2.37. The van der Waals surface area contributed by atoms with E-state index in [1.165, 1.54) is 6.42 Å². The Morgan fingerprint density at radius 3 is 2.53 bits per heavy atom. The molecule has 1 aromatic carbocycles. The van der Waals surface area contributed by atoms with Gasteiger partial charge in [-0.15, -0.1) is 0 Å². The molecule has 0 unspecified atom stereocenters. The number of hydrogen-bond acceptors (Lipinski definition) is 1. The van der Waals surface area contributed by atoms with Crippen LogP contribution in [0.4, 0.5) is 4.39 Å². The molecule has 0 amide bonds. The summed E-state index contributed by atoms with van der Waals surface area (Å²) in [4.78, 5) is 0. The summed E-state index contributed by atoms with van der Waals surface area (Å²) < 4.78 is 14.2. The number of aryl methyl sites for hydroxylation is 1. The molecule has 1 fully saturated rings. The van der Waals surface area contributed by atoms with Gasteiger partial charge in [0, 0.05) is 12.0 Å². The molecule has 94 valence electrons. The lowest BCUT2D eigenvalue weighted by molar-refractivity contribution is 0.291. The van der Waals surface area contributed by atoms with Crippen molar-refractivity contribution >= 4 is 11.6 Å². The fourth-order valence-electron chi connectivity index (χ4n) is 2.92. The van der Waals surface area contributed by atoms with Crippen LogP contribution >= 0.6 is 11.6 Å². The van der Waals surface area contributed by atoms with Gasteiger partial charge in [0.25, 0.3) is 0 Å². The van der Waals surface area contributed by atoms with E-state index in [-0.39, 0.29) is 16.3 Å². The van der Waals surface area contributed by atoms with Gasteiger partial charge in [-0.2, -0.15) is 0 Å². The molecule has 0 spiro atoms. The van der Waals surface area contributed by atoms with Gasteiger partial charge in [0.2, 0.25) is 0 Å². The van der Waals surface area contributed by atoms with E-state index in [0.29, 0.717) is 6.54 Å². The third-order valence-corrected chi connectivity index (χ3v) is 4.22. The van der Waals surface area contributed by atoms with Crippen LogP contribution in [-0.4, -0.2) is 6.54 Å². The molecule has 2 rings (SSSR count). The van der Waals surface area contributed by atoms with Gasteiger partial charge in [-0.25, -0.2) is 4.39 Å². The van der Waals surface area contributed by atoms with Gasteiger partial charge in [-0.3, -0.25) is 0 Å². The Kier molecular flexibility index (Phi) is 3.74. The highest BCUT2D eigenvalue weighted by Crippen LogP contribution is 2.41. The van der Waals surface area contributed by atoms with Crippen molar-refractivity contribution in [3.8, 4) is 0 Å². The molecule has 17 heavy (non-hydrogen) atoms. The first kappa shape index (κ1) is 12.8. The van der Waals surface area contributed by atoms with Gasteiger partial charge in [-0.1, -0.05) is 36.9 Å². The highest BCUT2D eigenvalue weighted by molar-refractivity contribution is 6.30. The fraction of sp³-hybridized carbons (Fsp3) is 0.571. The third-order valence-electron chi connectivity index (χ3n) is 3.95. The van der Waals surface area contributed by atoms with Gasteiger partial charge in [-0.05, 0) is 37.0 Å². The second-order valence-corrected chi connectivity index (χ2v) is 5.56. The summed E-state index contributed by atoms with van der Waals surface area (Å²) in [7, 11) is 0. The summed E-state index contributed by atoms with van der Waals surface area (Å²) in [5.41, 5.74) is 7.46. The van der Waals surface area contributed by atoms with Crippen LogP contribution in [0.3, 0.4) is 0 Å². The van der Waals surface area contributed by atoms with E-state index >= 15 is 0 Å². The average Bonchev–Trinajstić information content (AvgIpc) is 2.34. The normalized spacial score (nSPS) is 19.3. The van der Waals surface area contributed by atoms with Gasteiger partial charge < -0.3 is 5.73 Å². The second kappa shape index (κ2) is 4.95. The molecule has 1 aliphatic carbocycles. The maximum atomic E-state index is 14.2. The van der Waals surface area contributed by atoms with Crippen LogP contribution < -0.4 is 5.73 Å². The summed E-state index contributed by atoms with van der Waals surface area (Å²) in [6.07, 6.45) is 5.42. The zero-order valence-electron chi connectivity index (χ0n) is 10.2. The Morgan fingerprint density at radius 2 is 1.94 bits per heavy atom. The number of benzene rings is 1. The van der Waals surface area contributed by atoms with Crippen molar-refractivity contribution in [2.45, 2.75) is 44.4 Å². The van der Waals surface area contributed by atoms with Crippen LogP contribution in [0.2, 0.25) is 5.02 Å². The Morgan fingerprint density at radius 1 is 1.29 bits per heavy atom. The Bertz CT molecular complexity index is 411. The minimum atomic E-state index is -0.274. The molecule has 3 heteroatoms. The predicted molar refractivity (Wildman–Crippen MR) is 70.0 cm³/mol. The van der Waals surface area contributed by atoms with Crippen LogP contribution in [0.15, 0.2) is 12.1 Å². The van der Waals surface area contributed by atoms with Crippen molar-refractivity contribution in [1.82, 2.24) is 0 Å². The van der Waals surface area contributed by atoms with Crippen LogP contribution in [0, 0.1) is 12.7 Å². The molecule has 0 heterocycles. The van der Waals surface area contributed by atoms with Crippen molar-refractivity contribution in [2.75, 3.05) is 6.54 Å².